The molecule has 0 bridgehead atoms. The number of aromatic nitrogens is 1. The van der Waals surface area contributed by atoms with Gasteiger partial charge in [0.25, 0.3) is 0 Å². The molecule has 1 aliphatic rings. The minimum absolute atomic E-state index is 0.359. The van der Waals surface area contributed by atoms with Crippen LogP contribution in [0.3, 0.4) is 0 Å². The maximum absolute atomic E-state index is 9.73. The zero-order valence-corrected chi connectivity index (χ0v) is 16.4. The Balaban J connectivity index is 1.83. The third kappa shape index (κ3) is 4.02. The van der Waals surface area contributed by atoms with Crippen LogP contribution in [0.2, 0.25) is 0 Å². The van der Waals surface area contributed by atoms with Crippen LogP contribution in [-0.2, 0) is 0 Å². The van der Waals surface area contributed by atoms with Gasteiger partial charge in [-0.3, -0.25) is 0 Å². The van der Waals surface area contributed by atoms with Crippen LogP contribution in [0.25, 0.3) is 16.8 Å². The molecule has 3 rings (SSSR count). The van der Waals surface area contributed by atoms with E-state index in [2.05, 4.69) is 63.4 Å². The first-order chi connectivity index (χ1) is 11.9. The summed E-state index contributed by atoms with van der Waals surface area (Å²) >= 11 is 1.59. The van der Waals surface area contributed by atoms with Gasteiger partial charge in [0.05, 0.1) is 11.3 Å². The molecule has 1 aromatic carbocycles. The first-order valence-electron chi connectivity index (χ1n) is 9.03. The molecule has 0 unspecified atom stereocenters. The fourth-order valence-corrected chi connectivity index (χ4v) is 4.48. The molecule has 0 radical (unpaired) electrons. The Kier molecular flexibility index (Phi) is 5.11. The van der Waals surface area contributed by atoms with Gasteiger partial charge in [-0.15, -0.1) is 11.3 Å². The van der Waals surface area contributed by atoms with Crippen LogP contribution in [0.5, 0.6) is 0 Å². The number of allylic oxidation sites excluding steroid dienone is 2. The number of aryl methyl sites for hydroxylation is 1. The van der Waals surface area contributed by atoms with Crippen LogP contribution >= 0.6 is 11.3 Å². The molecule has 2 aromatic rings. The summed E-state index contributed by atoms with van der Waals surface area (Å²) in [5, 5.41) is 12.7. The van der Waals surface area contributed by atoms with Gasteiger partial charge in [0, 0.05) is 10.9 Å². The molecule has 1 aliphatic carbocycles. The molecule has 0 aliphatic heterocycles. The van der Waals surface area contributed by atoms with Crippen LogP contribution in [-0.4, -0.2) is 4.98 Å². The zero-order valence-electron chi connectivity index (χ0n) is 15.6. The summed E-state index contributed by atoms with van der Waals surface area (Å²) in [5.74, 6) is 0.746. The Morgan fingerprint density at radius 2 is 1.80 bits per heavy atom. The maximum Gasteiger partial charge on any atom is 0.134 e. The largest absolute Gasteiger partial charge is 0.235 e. The van der Waals surface area contributed by atoms with Crippen LogP contribution in [0.1, 0.15) is 57.0 Å². The lowest BCUT2D eigenvalue weighted by molar-refractivity contribution is 0.197. The van der Waals surface area contributed by atoms with Gasteiger partial charge in [-0.2, -0.15) is 5.26 Å². The fraction of sp³-hybridized carbons (Fsp3) is 0.455. The molecule has 2 nitrogen and oxygen atoms in total. The van der Waals surface area contributed by atoms with Crippen molar-refractivity contribution in [1.29, 1.82) is 5.26 Å². The number of rotatable bonds is 2. The predicted octanol–water partition coefficient (Wildman–Crippen LogP) is 6.63. The monoisotopic (exact) mass is 350 g/mol. The lowest BCUT2D eigenvalue weighted by atomic mass is 9.71. The summed E-state index contributed by atoms with van der Waals surface area (Å²) in [4.78, 5) is 4.76. The van der Waals surface area contributed by atoms with Crippen LogP contribution in [0.15, 0.2) is 35.2 Å². The Morgan fingerprint density at radius 1 is 1.16 bits per heavy atom. The van der Waals surface area contributed by atoms with E-state index < -0.39 is 0 Å². The topological polar surface area (TPSA) is 36.7 Å². The summed E-state index contributed by atoms with van der Waals surface area (Å²) in [6, 6.07) is 10.8. The average molecular weight is 351 g/mol. The molecule has 0 saturated heterocycles. The molecule has 1 saturated carbocycles. The van der Waals surface area contributed by atoms with Crippen molar-refractivity contribution in [2.24, 2.45) is 11.3 Å². The van der Waals surface area contributed by atoms with E-state index in [4.69, 9.17) is 4.98 Å². The Bertz CT molecular complexity index is 803. The van der Waals surface area contributed by atoms with Crippen molar-refractivity contribution in [3.63, 3.8) is 0 Å². The van der Waals surface area contributed by atoms with Gasteiger partial charge in [-0.25, -0.2) is 4.98 Å². The van der Waals surface area contributed by atoms with E-state index in [1.807, 2.05) is 0 Å². The Hall–Kier alpha value is -1.92. The highest BCUT2D eigenvalue weighted by molar-refractivity contribution is 7.11. The van der Waals surface area contributed by atoms with Gasteiger partial charge in [-0.1, -0.05) is 50.6 Å². The number of hydrogen-bond acceptors (Lipinski definition) is 3. The third-order valence-electron chi connectivity index (χ3n) is 5.34. The molecule has 1 heterocycles. The number of thiazole rings is 1. The lowest BCUT2D eigenvalue weighted by Crippen LogP contribution is -2.23. The molecular formula is C22H26N2S. The highest BCUT2D eigenvalue weighted by Crippen LogP contribution is 2.42. The molecule has 0 atom stereocenters. The normalized spacial score (nSPS) is 18.0. The number of hydrogen-bond donors (Lipinski definition) is 0. The second kappa shape index (κ2) is 7.14. The first-order valence-corrected chi connectivity index (χ1v) is 9.91. The molecule has 130 valence electrons. The van der Waals surface area contributed by atoms with E-state index in [1.54, 1.807) is 11.3 Å². The van der Waals surface area contributed by atoms with Crippen molar-refractivity contribution < 1.29 is 0 Å². The van der Waals surface area contributed by atoms with Crippen molar-refractivity contribution in [2.75, 3.05) is 0 Å². The van der Waals surface area contributed by atoms with E-state index in [1.165, 1.54) is 24.0 Å². The van der Waals surface area contributed by atoms with Crippen molar-refractivity contribution in [1.82, 2.24) is 4.98 Å². The number of nitrogens with zero attached hydrogens (tertiary/aromatic N) is 2. The van der Waals surface area contributed by atoms with E-state index >= 15 is 0 Å². The molecule has 0 spiro atoms. The minimum Gasteiger partial charge on any atom is -0.235 e. The van der Waals surface area contributed by atoms with Crippen molar-refractivity contribution in [3.05, 3.63) is 45.8 Å². The van der Waals surface area contributed by atoms with Gasteiger partial charge >= 0.3 is 0 Å². The first kappa shape index (κ1) is 17.9. The van der Waals surface area contributed by atoms with E-state index in [0.29, 0.717) is 5.41 Å². The summed E-state index contributed by atoms with van der Waals surface area (Å²) in [6.45, 7) is 9.06. The van der Waals surface area contributed by atoms with Gasteiger partial charge < -0.3 is 0 Å². The highest BCUT2D eigenvalue weighted by atomic mass is 32.1. The lowest BCUT2D eigenvalue weighted by Gasteiger charge is -2.35. The molecule has 3 heteroatoms. The fourth-order valence-electron chi connectivity index (χ4n) is 3.61. The minimum atomic E-state index is 0.359. The van der Waals surface area contributed by atoms with Gasteiger partial charge in [-0.05, 0) is 49.5 Å². The average Bonchev–Trinajstić information content (AvgIpc) is 3.05. The summed E-state index contributed by atoms with van der Waals surface area (Å²) in [7, 11) is 0. The van der Waals surface area contributed by atoms with Crippen molar-refractivity contribution in [2.45, 2.75) is 53.4 Å². The molecule has 0 N–H and O–H groups in total. The van der Waals surface area contributed by atoms with Crippen molar-refractivity contribution >= 4 is 16.9 Å². The van der Waals surface area contributed by atoms with Crippen LogP contribution < -0.4 is 0 Å². The quantitative estimate of drug-likeness (QED) is 0.570. The van der Waals surface area contributed by atoms with E-state index in [-0.39, 0.29) is 0 Å². The number of nitriles is 1. The molecular weight excluding hydrogens is 324 g/mol. The smallest absolute Gasteiger partial charge is 0.134 e. The van der Waals surface area contributed by atoms with Crippen LogP contribution in [0, 0.1) is 29.6 Å². The summed E-state index contributed by atoms with van der Waals surface area (Å²) < 4.78 is 0. The second-order valence-electron chi connectivity index (χ2n) is 8.13. The number of benzene rings is 1. The summed E-state index contributed by atoms with van der Waals surface area (Å²) in [6.07, 6.45) is 4.43. The van der Waals surface area contributed by atoms with Crippen LogP contribution in [0.4, 0.5) is 0 Å². The Morgan fingerprint density at radius 3 is 2.36 bits per heavy atom. The molecule has 0 amide bonds. The van der Waals surface area contributed by atoms with Gasteiger partial charge in [0.1, 0.15) is 11.1 Å². The van der Waals surface area contributed by atoms with Gasteiger partial charge in [0.15, 0.2) is 0 Å². The SMILES string of the molecule is Cc1ccc(-c2csc(C(C#N)=C3CCC(C(C)(C)C)CC3)n2)cc1. The molecule has 1 fully saturated rings. The maximum atomic E-state index is 9.73. The zero-order chi connectivity index (χ0) is 18.0. The molecule has 25 heavy (non-hydrogen) atoms. The summed E-state index contributed by atoms with van der Waals surface area (Å²) in [5.41, 5.74) is 5.81. The van der Waals surface area contributed by atoms with Gasteiger partial charge in [0.2, 0.25) is 0 Å². The molecule has 1 aromatic heterocycles. The standard InChI is InChI=1S/C22H26N2S/c1-15-5-7-17(8-6-15)20-14-25-21(24-20)19(13-23)16-9-11-18(12-10-16)22(2,3)4/h5-8,14,18H,9-12H2,1-4H3. The second-order valence-corrected chi connectivity index (χ2v) is 8.99. The van der Waals surface area contributed by atoms with Crippen molar-refractivity contribution in [3.8, 4) is 17.3 Å². The third-order valence-corrected chi connectivity index (χ3v) is 6.20. The van der Waals surface area contributed by atoms with E-state index in [9.17, 15) is 5.26 Å². The Labute approximate surface area is 155 Å². The van der Waals surface area contributed by atoms with E-state index in [0.717, 1.165) is 40.6 Å². The predicted molar refractivity (Wildman–Crippen MR) is 106 cm³/mol. The highest BCUT2D eigenvalue weighted by Gasteiger charge is 2.29.